The molecule has 138 valence electrons. The van der Waals surface area contributed by atoms with E-state index in [1.807, 2.05) is 4.90 Å². The Kier molecular flexibility index (Phi) is 5.26. The Balaban J connectivity index is 1.95. The number of morpholine rings is 1. The molecule has 2 saturated heterocycles. The molecule has 1 aromatic rings. The summed E-state index contributed by atoms with van der Waals surface area (Å²) in [5.41, 5.74) is 0.348. The Morgan fingerprint density at radius 1 is 1.24 bits per heavy atom. The molecule has 2 heterocycles. The number of rotatable bonds is 4. The largest absolute Gasteiger partial charge is 0.379 e. The number of nitrogens with zero attached hydrogens (tertiary/aromatic N) is 3. The minimum Gasteiger partial charge on any atom is -0.379 e. The molecule has 2 aliphatic heterocycles. The Hall–Kier alpha value is -1.71. The number of nitro benzene ring substituents is 1. The van der Waals surface area contributed by atoms with Crippen molar-refractivity contribution in [2.24, 2.45) is 5.92 Å². The van der Waals surface area contributed by atoms with Gasteiger partial charge in [0.25, 0.3) is 5.69 Å². The molecule has 9 heteroatoms. The van der Waals surface area contributed by atoms with Crippen molar-refractivity contribution in [3.05, 3.63) is 28.3 Å². The fraction of sp³-hybridized carbons (Fsp3) is 0.625. The van der Waals surface area contributed by atoms with Gasteiger partial charge in [0.15, 0.2) is 0 Å². The third kappa shape index (κ3) is 3.78. The van der Waals surface area contributed by atoms with Crippen LogP contribution in [0.2, 0.25) is 0 Å². The molecular formula is C16H23N3O5S. The van der Waals surface area contributed by atoms with E-state index in [0.717, 1.165) is 25.9 Å². The van der Waals surface area contributed by atoms with Gasteiger partial charge in [-0.3, -0.25) is 10.1 Å². The first-order valence-corrected chi connectivity index (χ1v) is 9.95. The zero-order valence-electron chi connectivity index (χ0n) is 14.3. The fourth-order valence-corrected chi connectivity index (χ4v) is 4.85. The fourth-order valence-electron chi connectivity index (χ4n) is 3.42. The molecule has 3 rings (SSSR count). The predicted molar refractivity (Wildman–Crippen MR) is 93.3 cm³/mol. The highest BCUT2D eigenvalue weighted by Gasteiger charge is 2.30. The van der Waals surface area contributed by atoms with Crippen molar-refractivity contribution in [1.82, 2.24) is 4.31 Å². The summed E-state index contributed by atoms with van der Waals surface area (Å²) >= 11 is 0. The third-order valence-corrected chi connectivity index (χ3v) is 6.64. The van der Waals surface area contributed by atoms with Crippen LogP contribution in [0.1, 0.15) is 19.8 Å². The number of sulfonamides is 1. The number of anilines is 1. The van der Waals surface area contributed by atoms with Crippen molar-refractivity contribution in [2.45, 2.75) is 24.7 Å². The first kappa shape index (κ1) is 18.1. The number of nitro groups is 1. The van der Waals surface area contributed by atoms with Gasteiger partial charge in [-0.25, -0.2) is 8.42 Å². The van der Waals surface area contributed by atoms with E-state index in [4.69, 9.17) is 4.74 Å². The molecule has 0 bridgehead atoms. The molecule has 2 fully saturated rings. The van der Waals surface area contributed by atoms with Crippen molar-refractivity contribution >= 4 is 21.4 Å². The summed E-state index contributed by atoms with van der Waals surface area (Å²) in [6.07, 6.45) is 2.08. The van der Waals surface area contributed by atoms with Crippen LogP contribution >= 0.6 is 0 Å². The summed E-state index contributed by atoms with van der Waals surface area (Å²) in [5, 5.41) is 11.6. The molecule has 25 heavy (non-hydrogen) atoms. The molecule has 2 aliphatic rings. The van der Waals surface area contributed by atoms with Crippen molar-refractivity contribution in [2.75, 3.05) is 44.3 Å². The summed E-state index contributed by atoms with van der Waals surface area (Å²) in [7, 11) is -3.75. The van der Waals surface area contributed by atoms with Gasteiger partial charge in [0.05, 0.1) is 23.0 Å². The first-order chi connectivity index (χ1) is 11.9. The van der Waals surface area contributed by atoms with Crippen molar-refractivity contribution in [3.63, 3.8) is 0 Å². The molecule has 0 amide bonds. The average Bonchev–Trinajstić information content (AvgIpc) is 2.62. The van der Waals surface area contributed by atoms with Crippen molar-refractivity contribution in [1.29, 1.82) is 0 Å². The minimum atomic E-state index is -3.75. The van der Waals surface area contributed by atoms with Gasteiger partial charge in [-0.05, 0) is 30.9 Å². The van der Waals surface area contributed by atoms with Gasteiger partial charge < -0.3 is 9.64 Å². The van der Waals surface area contributed by atoms with E-state index in [-0.39, 0.29) is 23.7 Å². The maximum absolute atomic E-state index is 12.7. The molecule has 0 saturated carbocycles. The molecule has 8 nitrogen and oxygen atoms in total. The van der Waals surface area contributed by atoms with E-state index in [1.165, 1.54) is 16.4 Å². The van der Waals surface area contributed by atoms with Crippen LogP contribution in [0.15, 0.2) is 23.1 Å². The smallest absolute Gasteiger partial charge is 0.293 e. The standard InChI is InChI=1S/C16H23N3O5S/c1-13-3-2-6-17(12-13)15-5-4-14(11-16(15)19(20)21)25(22,23)18-7-9-24-10-8-18/h4-5,11,13H,2-3,6-10,12H2,1H3/t13-/m1/s1. The van der Waals surface area contributed by atoms with E-state index in [0.29, 0.717) is 24.8 Å². The summed E-state index contributed by atoms with van der Waals surface area (Å²) in [6, 6.07) is 4.25. The maximum Gasteiger partial charge on any atom is 0.293 e. The van der Waals surface area contributed by atoms with Gasteiger partial charge in [-0.1, -0.05) is 6.92 Å². The van der Waals surface area contributed by atoms with Crippen LogP contribution in [0.5, 0.6) is 0 Å². The van der Waals surface area contributed by atoms with E-state index < -0.39 is 14.9 Å². The Labute approximate surface area is 147 Å². The van der Waals surface area contributed by atoms with E-state index in [2.05, 4.69) is 6.92 Å². The lowest BCUT2D eigenvalue weighted by Gasteiger charge is -2.32. The first-order valence-electron chi connectivity index (χ1n) is 8.51. The number of piperidine rings is 1. The Morgan fingerprint density at radius 3 is 2.60 bits per heavy atom. The lowest BCUT2D eigenvalue weighted by molar-refractivity contribution is -0.384. The molecule has 0 unspecified atom stereocenters. The minimum absolute atomic E-state index is 0.0325. The van der Waals surface area contributed by atoms with Gasteiger partial charge in [0, 0.05) is 32.2 Å². The van der Waals surface area contributed by atoms with Gasteiger partial charge in [0.1, 0.15) is 5.69 Å². The molecule has 0 radical (unpaired) electrons. The average molecular weight is 369 g/mol. The lowest BCUT2D eigenvalue weighted by atomic mass is 9.99. The monoisotopic (exact) mass is 369 g/mol. The zero-order chi connectivity index (χ0) is 18.0. The van der Waals surface area contributed by atoms with Crippen LogP contribution < -0.4 is 4.90 Å². The van der Waals surface area contributed by atoms with Crippen LogP contribution in [0.25, 0.3) is 0 Å². The van der Waals surface area contributed by atoms with E-state index in [1.54, 1.807) is 6.07 Å². The Bertz CT molecular complexity index is 746. The van der Waals surface area contributed by atoms with Gasteiger partial charge >= 0.3 is 0 Å². The summed E-state index contributed by atoms with van der Waals surface area (Å²) in [6.45, 7) is 4.82. The van der Waals surface area contributed by atoms with E-state index in [9.17, 15) is 18.5 Å². The number of hydrogen-bond acceptors (Lipinski definition) is 6. The molecule has 1 atom stereocenters. The molecule has 1 aromatic carbocycles. The Morgan fingerprint density at radius 2 is 1.96 bits per heavy atom. The van der Waals surface area contributed by atoms with Crippen LogP contribution in [-0.4, -0.2) is 57.0 Å². The number of hydrogen-bond donors (Lipinski definition) is 0. The predicted octanol–water partition coefficient (Wildman–Crippen LogP) is 1.85. The van der Waals surface area contributed by atoms with Crippen molar-refractivity contribution in [3.8, 4) is 0 Å². The van der Waals surface area contributed by atoms with E-state index >= 15 is 0 Å². The second-order valence-corrected chi connectivity index (χ2v) is 8.56. The van der Waals surface area contributed by atoms with Crippen molar-refractivity contribution < 1.29 is 18.1 Å². The van der Waals surface area contributed by atoms with Crippen LogP contribution in [0.3, 0.4) is 0 Å². The highest BCUT2D eigenvalue weighted by Crippen LogP contribution is 2.34. The van der Waals surface area contributed by atoms with Crippen LogP contribution in [0, 0.1) is 16.0 Å². The molecular weight excluding hydrogens is 346 g/mol. The molecule has 0 aliphatic carbocycles. The summed E-state index contributed by atoms with van der Waals surface area (Å²) < 4.78 is 32.0. The second kappa shape index (κ2) is 7.27. The highest BCUT2D eigenvalue weighted by atomic mass is 32.2. The summed E-state index contributed by atoms with van der Waals surface area (Å²) in [5.74, 6) is 0.463. The molecule has 0 aromatic heterocycles. The zero-order valence-corrected chi connectivity index (χ0v) is 15.1. The maximum atomic E-state index is 12.7. The topological polar surface area (TPSA) is 93.0 Å². The lowest BCUT2D eigenvalue weighted by Crippen LogP contribution is -2.40. The SMILES string of the molecule is C[C@@H]1CCCN(c2ccc(S(=O)(=O)N3CCOCC3)cc2[N+](=O)[O-])C1. The second-order valence-electron chi connectivity index (χ2n) is 6.62. The number of ether oxygens (including phenoxy) is 1. The quantitative estimate of drug-likeness (QED) is 0.594. The van der Waals surface area contributed by atoms with Gasteiger partial charge in [0.2, 0.25) is 10.0 Å². The highest BCUT2D eigenvalue weighted by molar-refractivity contribution is 7.89. The van der Waals surface area contributed by atoms with Gasteiger partial charge in [-0.2, -0.15) is 4.31 Å². The van der Waals surface area contributed by atoms with Crippen LogP contribution in [0.4, 0.5) is 11.4 Å². The molecule has 0 spiro atoms. The van der Waals surface area contributed by atoms with Crippen LogP contribution in [-0.2, 0) is 14.8 Å². The summed E-state index contributed by atoms with van der Waals surface area (Å²) in [4.78, 5) is 13.0. The normalized spacial score (nSPS) is 22.8. The molecule has 0 N–H and O–H groups in total. The number of benzene rings is 1. The third-order valence-electron chi connectivity index (χ3n) is 4.75. The van der Waals surface area contributed by atoms with Gasteiger partial charge in [-0.15, -0.1) is 0 Å².